The van der Waals surface area contributed by atoms with Gasteiger partial charge in [0.15, 0.2) is 0 Å². The highest BCUT2D eigenvalue weighted by molar-refractivity contribution is 7.16. The highest BCUT2D eigenvalue weighted by Crippen LogP contribution is 2.43. The van der Waals surface area contributed by atoms with Crippen LogP contribution in [0.15, 0.2) is 17.8 Å². The van der Waals surface area contributed by atoms with E-state index in [1.54, 1.807) is 6.07 Å². The van der Waals surface area contributed by atoms with Gasteiger partial charge in [-0.3, -0.25) is 15.5 Å². The predicted molar refractivity (Wildman–Crippen MR) is 113 cm³/mol. The van der Waals surface area contributed by atoms with Crippen LogP contribution >= 0.6 is 11.3 Å². The molecule has 1 fully saturated rings. The van der Waals surface area contributed by atoms with E-state index >= 15 is 0 Å². The zero-order valence-electron chi connectivity index (χ0n) is 19.0. The van der Waals surface area contributed by atoms with Gasteiger partial charge in [-0.2, -0.15) is 45.6 Å². The lowest BCUT2D eigenvalue weighted by Gasteiger charge is -2.26. The summed E-state index contributed by atoms with van der Waals surface area (Å²) in [4.78, 5) is 13.9. The molecule has 1 N–H and O–H groups in total. The maximum Gasteiger partial charge on any atom is 0.459 e. The highest BCUT2D eigenvalue weighted by Gasteiger charge is 2.64. The molecule has 0 aromatic carbocycles. The van der Waals surface area contributed by atoms with Crippen LogP contribution in [0.1, 0.15) is 28.1 Å². The summed E-state index contributed by atoms with van der Waals surface area (Å²) in [6.07, 6.45) is -10.9. The number of hydrogen-bond acceptors (Lipinski definition) is 6. The standard InChI is InChI=1S/C20H13F8N8OS/c1-32-15(13(19(23,24)25)14(31)18(21,22)20(26,27)28)36-7-10(33-34-36)11-5-9(12(6-29)38-11)16(37)35(2)17(8-30)3-4-17/h5,7H,3-4H2,1-2H3,(H-,31,32)/q-1. The topological polar surface area (TPSA) is 137 Å². The van der Waals surface area contributed by atoms with Gasteiger partial charge >= 0.3 is 18.3 Å². The van der Waals surface area contributed by atoms with Crippen molar-refractivity contribution in [3.63, 3.8) is 0 Å². The minimum absolute atomic E-state index is 0.00562. The molecular formula is C20H13F8N8OS-. The number of alkyl halides is 8. The molecule has 0 aliphatic heterocycles. The molecule has 1 saturated carbocycles. The van der Waals surface area contributed by atoms with Gasteiger partial charge in [0.05, 0.1) is 22.2 Å². The molecule has 1 amide bonds. The van der Waals surface area contributed by atoms with E-state index in [-0.39, 0.29) is 25.7 Å². The molecule has 0 bridgehead atoms. The van der Waals surface area contributed by atoms with Gasteiger partial charge in [-0.15, -0.1) is 11.3 Å². The minimum atomic E-state index is -6.50. The zero-order chi connectivity index (χ0) is 28.8. The Hall–Kier alpha value is -4.06. The van der Waals surface area contributed by atoms with Gasteiger partial charge in [0.2, 0.25) is 0 Å². The predicted octanol–water partition coefficient (Wildman–Crippen LogP) is 4.01. The number of aromatic nitrogens is 3. The first kappa shape index (κ1) is 28.5. The molecule has 1 aliphatic rings. The molecule has 18 heteroatoms. The van der Waals surface area contributed by atoms with Crippen molar-refractivity contribution in [2.24, 2.45) is 0 Å². The third kappa shape index (κ3) is 4.78. The molecular weight excluding hydrogens is 552 g/mol. The molecule has 0 unspecified atom stereocenters. The molecule has 0 spiro atoms. The smallest absolute Gasteiger partial charge is 0.459 e. The van der Waals surface area contributed by atoms with E-state index in [0.717, 1.165) is 11.0 Å². The normalized spacial score (nSPS) is 15.7. The fraction of sp³-hybridized carbons (Fsp3) is 0.400. The molecule has 1 aliphatic carbocycles. The van der Waals surface area contributed by atoms with Crippen LogP contribution in [0.25, 0.3) is 21.7 Å². The van der Waals surface area contributed by atoms with E-state index < -0.39 is 46.8 Å². The lowest BCUT2D eigenvalue weighted by Crippen LogP contribution is -2.49. The van der Waals surface area contributed by atoms with E-state index in [2.05, 4.69) is 15.6 Å². The van der Waals surface area contributed by atoms with Crippen LogP contribution in [0.4, 0.5) is 35.1 Å². The fourth-order valence-corrected chi connectivity index (χ4v) is 4.16. The molecule has 0 saturated heterocycles. The van der Waals surface area contributed by atoms with Gasteiger partial charge < -0.3 is 19.9 Å². The number of thiophene rings is 1. The maximum absolute atomic E-state index is 13.7. The lowest BCUT2D eigenvalue weighted by molar-refractivity contribution is -0.650. The average molecular weight is 565 g/mol. The summed E-state index contributed by atoms with van der Waals surface area (Å²) < 4.78 is 106. The van der Waals surface area contributed by atoms with Crippen molar-refractivity contribution in [2.45, 2.75) is 36.7 Å². The third-order valence-electron chi connectivity index (χ3n) is 5.54. The van der Waals surface area contributed by atoms with Crippen molar-refractivity contribution >= 4 is 28.8 Å². The Morgan fingerprint density at radius 3 is 2.29 bits per heavy atom. The van der Waals surface area contributed by atoms with Crippen molar-refractivity contribution in [3.05, 3.63) is 33.6 Å². The Morgan fingerprint density at radius 1 is 1.24 bits per heavy atom. The molecule has 2 aromatic rings. The number of nitriles is 2. The number of nitrogens with one attached hydrogen (secondary N) is 1. The number of hydrogen-bond donors (Lipinski definition) is 1. The summed E-state index contributed by atoms with van der Waals surface area (Å²) in [6, 6.07) is 4.93. The van der Waals surface area contributed by atoms with Crippen LogP contribution in [-0.2, 0) is 0 Å². The Kier molecular flexibility index (Phi) is 7.02. The lowest BCUT2D eigenvalue weighted by atomic mass is 10.0. The number of carbonyl (C=O) groups excluding carboxylic acids is 1. The number of nitrogens with zero attached hydrogens (tertiary/aromatic N) is 7. The van der Waals surface area contributed by atoms with Crippen molar-refractivity contribution in [2.75, 3.05) is 14.1 Å². The van der Waals surface area contributed by atoms with Gasteiger partial charge in [-0.25, -0.2) is 0 Å². The average Bonchev–Trinajstić information content (AvgIpc) is 3.27. The minimum Gasteiger partial charge on any atom is -0.506 e. The second-order valence-corrected chi connectivity index (χ2v) is 8.94. The van der Waals surface area contributed by atoms with E-state index in [1.165, 1.54) is 7.05 Å². The quantitative estimate of drug-likeness (QED) is 0.307. The van der Waals surface area contributed by atoms with Crippen molar-refractivity contribution in [3.8, 4) is 22.7 Å². The van der Waals surface area contributed by atoms with Crippen molar-refractivity contribution in [1.82, 2.24) is 15.2 Å². The summed E-state index contributed by atoms with van der Waals surface area (Å²) in [7, 11) is 2.01. The van der Waals surface area contributed by atoms with E-state index in [1.807, 2.05) is 6.07 Å². The molecule has 0 radical (unpaired) electrons. The molecule has 9 nitrogen and oxygen atoms in total. The number of halogens is 8. The molecule has 202 valence electrons. The van der Waals surface area contributed by atoms with Gasteiger partial charge in [0, 0.05) is 20.3 Å². The van der Waals surface area contributed by atoms with Crippen LogP contribution in [0.2, 0.25) is 0 Å². The van der Waals surface area contributed by atoms with Gasteiger partial charge in [0.1, 0.15) is 33.6 Å². The largest absolute Gasteiger partial charge is 0.506 e. The Bertz CT molecular complexity index is 1400. The summed E-state index contributed by atoms with van der Waals surface area (Å²) in [5.41, 5.74) is -7.27. The van der Waals surface area contributed by atoms with Crippen LogP contribution < -0.4 is 9.90 Å². The molecule has 0 atom stereocenters. The van der Waals surface area contributed by atoms with Crippen LogP contribution in [0.3, 0.4) is 0 Å². The molecule has 2 heterocycles. The Balaban J connectivity index is 2.08. The summed E-state index contributed by atoms with van der Waals surface area (Å²) in [5, 5.41) is 35.8. The van der Waals surface area contributed by atoms with Gasteiger partial charge in [-0.05, 0) is 18.9 Å². The van der Waals surface area contributed by atoms with Crippen LogP contribution in [0, 0.1) is 28.1 Å². The SMILES string of the molecule is C[N-]/C(=C(\C(=N)C(F)(F)C(F)(F)F)C(F)(F)F)[n+]1cc(-c2cc(C(=O)N(C)C3(C#N)CC3)c(C#N)s2)n[n-]1. The number of rotatable bonds is 7. The second-order valence-electron chi connectivity index (χ2n) is 7.89. The van der Waals surface area contributed by atoms with Crippen LogP contribution in [-0.4, -0.2) is 59.5 Å². The first-order valence-electron chi connectivity index (χ1n) is 10.1. The monoisotopic (exact) mass is 565 g/mol. The Labute approximate surface area is 212 Å². The number of amides is 1. The molecule has 38 heavy (non-hydrogen) atoms. The molecule has 3 rings (SSSR count). The van der Waals surface area contributed by atoms with Gasteiger partial charge in [-0.1, -0.05) is 0 Å². The second kappa shape index (κ2) is 9.35. The summed E-state index contributed by atoms with van der Waals surface area (Å²) in [5.74, 6) is -8.44. The summed E-state index contributed by atoms with van der Waals surface area (Å²) >= 11 is 0.670. The van der Waals surface area contributed by atoms with E-state index in [4.69, 9.17) is 5.41 Å². The van der Waals surface area contributed by atoms with Crippen molar-refractivity contribution in [1.29, 1.82) is 15.9 Å². The zero-order valence-corrected chi connectivity index (χ0v) is 19.9. The first-order valence-corrected chi connectivity index (χ1v) is 10.9. The number of allylic oxidation sites excluding steroid dienone is 1. The highest BCUT2D eigenvalue weighted by atomic mass is 32.1. The van der Waals surface area contributed by atoms with Crippen molar-refractivity contribution < 1.29 is 44.6 Å². The fourth-order valence-electron chi connectivity index (χ4n) is 3.26. The van der Waals surface area contributed by atoms with E-state index in [9.17, 15) is 50.4 Å². The van der Waals surface area contributed by atoms with Gasteiger partial charge in [0.25, 0.3) is 5.91 Å². The first-order chi connectivity index (χ1) is 17.4. The third-order valence-corrected chi connectivity index (χ3v) is 6.61. The van der Waals surface area contributed by atoms with E-state index in [0.29, 0.717) is 37.4 Å². The molecule has 2 aromatic heterocycles. The Morgan fingerprint density at radius 2 is 1.84 bits per heavy atom. The maximum atomic E-state index is 13.7. The summed E-state index contributed by atoms with van der Waals surface area (Å²) in [6.45, 7) is 0. The van der Waals surface area contributed by atoms with Crippen LogP contribution in [0.5, 0.6) is 0 Å². The number of carbonyl (C=O) groups is 1.